The lowest BCUT2D eigenvalue weighted by Crippen LogP contribution is -2.40. The second-order valence-electron chi connectivity index (χ2n) is 4.85. The minimum Gasteiger partial charge on any atom is -0.366 e. The standard InChI is InChI=1S/C11H23NO2/c1-5-6-9-7-8(2)10(12-9)14-11(3,4)13/h8-10,12-13H,5-7H2,1-4H3/t8-,9+,10-/m1/s1. The summed E-state index contributed by atoms with van der Waals surface area (Å²) in [5.74, 6) is -0.550. The quantitative estimate of drug-likeness (QED) is 0.682. The van der Waals surface area contributed by atoms with E-state index in [1.807, 2.05) is 0 Å². The molecule has 0 aromatic carbocycles. The third-order valence-electron chi connectivity index (χ3n) is 2.63. The Hall–Kier alpha value is -0.120. The van der Waals surface area contributed by atoms with Crippen LogP contribution in [0.5, 0.6) is 0 Å². The molecule has 0 radical (unpaired) electrons. The van der Waals surface area contributed by atoms with Gasteiger partial charge in [0.1, 0.15) is 6.23 Å². The minimum absolute atomic E-state index is 0.00606. The topological polar surface area (TPSA) is 41.5 Å². The first-order chi connectivity index (χ1) is 6.42. The first kappa shape index (κ1) is 12.0. The number of hydrogen-bond acceptors (Lipinski definition) is 3. The van der Waals surface area contributed by atoms with Crippen molar-refractivity contribution in [3.8, 4) is 0 Å². The lowest BCUT2D eigenvalue weighted by Gasteiger charge is -2.26. The first-order valence-electron chi connectivity index (χ1n) is 5.58. The van der Waals surface area contributed by atoms with Crippen molar-refractivity contribution in [3.63, 3.8) is 0 Å². The van der Waals surface area contributed by atoms with Crippen LogP contribution in [0.25, 0.3) is 0 Å². The molecule has 3 atom stereocenters. The summed E-state index contributed by atoms with van der Waals surface area (Å²) in [4.78, 5) is 0. The zero-order chi connectivity index (χ0) is 10.8. The molecule has 3 nitrogen and oxygen atoms in total. The van der Waals surface area contributed by atoms with Gasteiger partial charge in [0.2, 0.25) is 0 Å². The van der Waals surface area contributed by atoms with Crippen molar-refractivity contribution in [2.75, 3.05) is 0 Å². The molecule has 3 heteroatoms. The van der Waals surface area contributed by atoms with Gasteiger partial charge in [0.15, 0.2) is 5.79 Å². The van der Waals surface area contributed by atoms with Crippen molar-refractivity contribution in [3.05, 3.63) is 0 Å². The fourth-order valence-corrected chi connectivity index (χ4v) is 2.05. The summed E-state index contributed by atoms with van der Waals surface area (Å²) in [6, 6.07) is 0.558. The second kappa shape index (κ2) is 4.60. The largest absolute Gasteiger partial charge is 0.366 e. The molecule has 0 aromatic rings. The Labute approximate surface area is 86.8 Å². The second-order valence-corrected chi connectivity index (χ2v) is 4.85. The summed E-state index contributed by atoms with van der Waals surface area (Å²) in [6.45, 7) is 7.71. The van der Waals surface area contributed by atoms with Crippen molar-refractivity contribution in [1.82, 2.24) is 5.32 Å². The normalized spacial score (nSPS) is 33.6. The average Bonchev–Trinajstić information content (AvgIpc) is 2.29. The lowest BCUT2D eigenvalue weighted by molar-refractivity contribution is -0.216. The summed E-state index contributed by atoms with van der Waals surface area (Å²) in [5.41, 5.74) is 0. The van der Waals surface area contributed by atoms with Gasteiger partial charge in [0.25, 0.3) is 0 Å². The van der Waals surface area contributed by atoms with Gasteiger partial charge in [-0.2, -0.15) is 0 Å². The Bertz CT molecular complexity index is 177. The molecule has 84 valence electrons. The van der Waals surface area contributed by atoms with Crippen molar-refractivity contribution in [2.45, 2.75) is 65.0 Å². The van der Waals surface area contributed by atoms with Gasteiger partial charge >= 0.3 is 0 Å². The van der Waals surface area contributed by atoms with E-state index < -0.39 is 5.79 Å². The van der Waals surface area contributed by atoms with Gasteiger partial charge in [-0.25, -0.2) is 0 Å². The van der Waals surface area contributed by atoms with Crippen molar-refractivity contribution >= 4 is 0 Å². The highest BCUT2D eigenvalue weighted by atomic mass is 16.6. The zero-order valence-electron chi connectivity index (χ0n) is 9.71. The van der Waals surface area contributed by atoms with Crippen LogP contribution in [0.4, 0.5) is 0 Å². The monoisotopic (exact) mass is 201 g/mol. The van der Waals surface area contributed by atoms with Crippen LogP contribution in [0.3, 0.4) is 0 Å². The summed E-state index contributed by atoms with van der Waals surface area (Å²) in [7, 11) is 0. The minimum atomic E-state index is -1.03. The first-order valence-corrected chi connectivity index (χ1v) is 5.58. The zero-order valence-corrected chi connectivity index (χ0v) is 9.71. The van der Waals surface area contributed by atoms with E-state index in [4.69, 9.17) is 4.74 Å². The fourth-order valence-electron chi connectivity index (χ4n) is 2.05. The van der Waals surface area contributed by atoms with Gasteiger partial charge in [-0.1, -0.05) is 20.3 Å². The molecule has 1 heterocycles. The van der Waals surface area contributed by atoms with E-state index in [0.717, 1.165) is 6.42 Å². The number of rotatable bonds is 4. The summed E-state index contributed by atoms with van der Waals surface area (Å²) in [5, 5.41) is 13.0. The van der Waals surface area contributed by atoms with Crippen LogP contribution in [0.1, 0.15) is 47.0 Å². The van der Waals surface area contributed by atoms with E-state index >= 15 is 0 Å². The van der Waals surface area contributed by atoms with E-state index in [1.54, 1.807) is 13.8 Å². The number of nitrogens with one attached hydrogen (secondary N) is 1. The van der Waals surface area contributed by atoms with Crippen LogP contribution in [-0.2, 0) is 4.74 Å². The van der Waals surface area contributed by atoms with Crippen LogP contribution in [0.15, 0.2) is 0 Å². The van der Waals surface area contributed by atoms with Gasteiger partial charge in [0.05, 0.1) is 0 Å². The van der Waals surface area contributed by atoms with Crippen LogP contribution in [-0.4, -0.2) is 23.2 Å². The van der Waals surface area contributed by atoms with Gasteiger partial charge < -0.3 is 9.84 Å². The Morgan fingerprint density at radius 1 is 1.50 bits per heavy atom. The van der Waals surface area contributed by atoms with Crippen molar-refractivity contribution < 1.29 is 9.84 Å². The van der Waals surface area contributed by atoms with E-state index in [9.17, 15) is 5.11 Å². The molecule has 1 saturated heterocycles. The smallest absolute Gasteiger partial charge is 0.161 e. The predicted octanol–water partition coefficient (Wildman–Crippen LogP) is 1.86. The SMILES string of the molecule is CCC[C@H]1C[C@@H](C)[C@@H](OC(C)(C)O)N1. The highest BCUT2D eigenvalue weighted by molar-refractivity contribution is 4.83. The van der Waals surface area contributed by atoms with Gasteiger partial charge in [-0.15, -0.1) is 0 Å². The van der Waals surface area contributed by atoms with Gasteiger partial charge in [0, 0.05) is 6.04 Å². The number of hydrogen-bond donors (Lipinski definition) is 2. The maximum Gasteiger partial charge on any atom is 0.161 e. The van der Waals surface area contributed by atoms with Gasteiger partial charge in [-0.3, -0.25) is 5.32 Å². The highest BCUT2D eigenvalue weighted by Gasteiger charge is 2.33. The summed E-state index contributed by atoms with van der Waals surface area (Å²) < 4.78 is 5.53. The Kier molecular flexibility index (Phi) is 3.93. The van der Waals surface area contributed by atoms with E-state index in [-0.39, 0.29) is 6.23 Å². The molecule has 0 amide bonds. The molecule has 0 unspecified atom stereocenters. The van der Waals surface area contributed by atoms with Crippen LogP contribution in [0, 0.1) is 5.92 Å². The molecule has 0 saturated carbocycles. The lowest BCUT2D eigenvalue weighted by atomic mass is 10.0. The maximum atomic E-state index is 9.55. The Balaban J connectivity index is 2.40. The fraction of sp³-hybridized carbons (Fsp3) is 1.00. The molecule has 0 spiro atoms. The van der Waals surface area contributed by atoms with Crippen molar-refractivity contribution in [1.29, 1.82) is 0 Å². The molecule has 0 aromatic heterocycles. The Morgan fingerprint density at radius 2 is 2.14 bits per heavy atom. The highest BCUT2D eigenvalue weighted by Crippen LogP contribution is 2.25. The molecule has 2 N–H and O–H groups in total. The average molecular weight is 201 g/mol. The predicted molar refractivity (Wildman–Crippen MR) is 56.8 cm³/mol. The maximum absolute atomic E-state index is 9.55. The van der Waals surface area contributed by atoms with E-state index in [0.29, 0.717) is 12.0 Å². The third kappa shape index (κ3) is 3.56. The van der Waals surface area contributed by atoms with Crippen molar-refractivity contribution in [2.24, 2.45) is 5.92 Å². The molecule has 0 aliphatic carbocycles. The molecule has 1 rings (SSSR count). The number of aliphatic hydroxyl groups is 1. The van der Waals surface area contributed by atoms with E-state index in [1.165, 1.54) is 12.8 Å². The van der Waals surface area contributed by atoms with E-state index in [2.05, 4.69) is 19.2 Å². The molecule has 1 aliphatic heterocycles. The van der Waals surface area contributed by atoms with Gasteiger partial charge in [-0.05, 0) is 32.6 Å². The number of ether oxygens (including phenoxy) is 1. The van der Waals surface area contributed by atoms with Crippen LogP contribution >= 0.6 is 0 Å². The Morgan fingerprint density at radius 3 is 2.64 bits per heavy atom. The molecular formula is C11H23NO2. The molecular weight excluding hydrogens is 178 g/mol. The van der Waals surface area contributed by atoms with Crippen LogP contribution < -0.4 is 5.32 Å². The summed E-state index contributed by atoms with van der Waals surface area (Å²) >= 11 is 0. The molecule has 1 aliphatic rings. The summed E-state index contributed by atoms with van der Waals surface area (Å²) in [6.07, 6.45) is 3.54. The molecule has 14 heavy (non-hydrogen) atoms. The third-order valence-corrected chi connectivity index (χ3v) is 2.63. The molecule has 1 fully saturated rings. The van der Waals surface area contributed by atoms with Crippen LogP contribution in [0.2, 0.25) is 0 Å². The molecule has 0 bridgehead atoms.